The van der Waals surface area contributed by atoms with Gasteiger partial charge < -0.3 is 20.7 Å². The number of esters is 1. The molecule has 2 rings (SSSR count). The molecule has 1 aliphatic rings. The highest BCUT2D eigenvalue weighted by Gasteiger charge is 2.48. The van der Waals surface area contributed by atoms with E-state index >= 15 is 0 Å². The van der Waals surface area contributed by atoms with Crippen LogP contribution >= 0.6 is 0 Å². The molecule has 7 nitrogen and oxygen atoms in total. The Labute approximate surface area is 160 Å². The molecular formula is C20H29N3O4. The average Bonchev–Trinajstić information content (AvgIpc) is 2.52. The predicted octanol–water partition coefficient (Wildman–Crippen LogP) is 2.31. The van der Waals surface area contributed by atoms with Gasteiger partial charge in [-0.1, -0.05) is 12.1 Å². The Balaban J connectivity index is 2.26. The highest BCUT2D eigenvalue weighted by atomic mass is 16.5. The summed E-state index contributed by atoms with van der Waals surface area (Å²) in [5.41, 5.74) is 5.48. The third kappa shape index (κ3) is 4.47. The number of nitrogens with one attached hydrogen (secondary N) is 1. The van der Waals surface area contributed by atoms with Crippen LogP contribution in [0.25, 0.3) is 0 Å². The van der Waals surface area contributed by atoms with E-state index in [2.05, 4.69) is 5.32 Å². The predicted molar refractivity (Wildman–Crippen MR) is 103 cm³/mol. The van der Waals surface area contributed by atoms with Gasteiger partial charge in [0.2, 0.25) is 0 Å². The molecule has 1 aromatic carbocycles. The second kappa shape index (κ2) is 7.68. The summed E-state index contributed by atoms with van der Waals surface area (Å²) in [5.74, 6) is -1.98. The van der Waals surface area contributed by atoms with E-state index in [4.69, 9.17) is 10.5 Å². The smallest absolute Gasteiger partial charge is 0.340 e. The van der Waals surface area contributed by atoms with Crippen LogP contribution in [0.4, 0.5) is 5.69 Å². The maximum absolute atomic E-state index is 13.0. The molecule has 0 aliphatic carbocycles. The molecule has 0 saturated carbocycles. The summed E-state index contributed by atoms with van der Waals surface area (Å²) in [6.07, 6.45) is 1.21. The van der Waals surface area contributed by atoms with Crippen LogP contribution in [0.2, 0.25) is 0 Å². The molecule has 27 heavy (non-hydrogen) atoms. The van der Waals surface area contributed by atoms with Crippen LogP contribution in [0.3, 0.4) is 0 Å². The number of likely N-dealkylation sites (tertiary alicyclic amines) is 1. The minimum Gasteiger partial charge on any atom is -0.462 e. The van der Waals surface area contributed by atoms with E-state index in [-0.39, 0.29) is 23.9 Å². The summed E-state index contributed by atoms with van der Waals surface area (Å²) in [5, 5.41) is 2.57. The van der Waals surface area contributed by atoms with Gasteiger partial charge in [0.1, 0.15) is 0 Å². The van der Waals surface area contributed by atoms with E-state index in [0.717, 1.165) is 0 Å². The lowest BCUT2D eigenvalue weighted by atomic mass is 9.77. The average molecular weight is 375 g/mol. The minimum atomic E-state index is -0.789. The number of hydrogen-bond donors (Lipinski definition) is 2. The fourth-order valence-corrected chi connectivity index (χ4v) is 4.16. The van der Waals surface area contributed by atoms with Crippen molar-refractivity contribution < 1.29 is 19.1 Å². The molecule has 0 unspecified atom stereocenters. The molecule has 1 fully saturated rings. The number of piperidine rings is 1. The zero-order chi connectivity index (χ0) is 20.4. The van der Waals surface area contributed by atoms with Crippen molar-refractivity contribution in [1.82, 2.24) is 4.90 Å². The van der Waals surface area contributed by atoms with Crippen molar-refractivity contribution in [3.05, 3.63) is 29.8 Å². The van der Waals surface area contributed by atoms with E-state index in [1.807, 2.05) is 27.7 Å². The lowest BCUT2D eigenvalue weighted by molar-refractivity contribution is -0.156. The standard InChI is InChI=1S/C20H29N3O4/c1-6-27-18(26)14-9-7-8-10-15(14)22-16(24)17(25)23-19(2,3)11-13(21)12-20(23,4)5/h7-10,13H,6,11-12,21H2,1-5H3,(H,22,24). The fraction of sp³-hybridized carbons (Fsp3) is 0.550. The van der Waals surface area contributed by atoms with Crippen molar-refractivity contribution in [1.29, 1.82) is 0 Å². The number of ether oxygens (including phenoxy) is 1. The van der Waals surface area contributed by atoms with Crippen LogP contribution in [0.5, 0.6) is 0 Å². The summed E-state index contributed by atoms with van der Waals surface area (Å²) in [7, 11) is 0. The number of hydrogen-bond acceptors (Lipinski definition) is 5. The van der Waals surface area contributed by atoms with Gasteiger partial charge in [-0.15, -0.1) is 0 Å². The van der Waals surface area contributed by atoms with E-state index in [0.29, 0.717) is 12.8 Å². The molecule has 0 aromatic heterocycles. The third-order valence-electron chi connectivity index (χ3n) is 4.80. The Morgan fingerprint density at radius 3 is 2.26 bits per heavy atom. The first-order valence-electron chi connectivity index (χ1n) is 9.17. The van der Waals surface area contributed by atoms with Crippen molar-refractivity contribution in [2.45, 2.75) is 64.6 Å². The first kappa shape index (κ1) is 20.9. The Hall–Kier alpha value is -2.41. The third-order valence-corrected chi connectivity index (χ3v) is 4.80. The highest BCUT2D eigenvalue weighted by Crippen LogP contribution is 2.38. The van der Waals surface area contributed by atoms with Crippen molar-refractivity contribution in [2.75, 3.05) is 11.9 Å². The van der Waals surface area contributed by atoms with Gasteiger partial charge >= 0.3 is 17.8 Å². The molecule has 1 heterocycles. The van der Waals surface area contributed by atoms with E-state index < -0.39 is 28.9 Å². The zero-order valence-electron chi connectivity index (χ0n) is 16.7. The topological polar surface area (TPSA) is 102 Å². The molecule has 1 saturated heterocycles. The monoisotopic (exact) mass is 375 g/mol. The van der Waals surface area contributed by atoms with Crippen LogP contribution in [-0.2, 0) is 14.3 Å². The number of amides is 2. The van der Waals surface area contributed by atoms with Crippen LogP contribution < -0.4 is 11.1 Å². The molecule has 148 valence electrons. The van der Waals surface area contributed by atoms with Gasteiger partial charge in [0, 0.05) is 17.1 Å². The Morgan fingerprint density at radius 1 is 1.15 bits per heavy atom. The largest absolute Gasteiger partial charge is 0.462 e. The van der Waals surface area contributed by atoms with Crippen LogP contribution in [0.1, 0.15) is 57.8 Å². The van der Waals surface area contributed by atoms with Gasteiger partial charge in [0.15, 0.2) is 0 Å². The number of rotatable bonds is 3. The van der Waals surface area contributed by atoms with Crippen molar-refractivity contribution in [3.8, 4) is 0 Å². The quantitative estimate of drug-likeness (QED) is 0.623. The first-order chi connectivity index (χ1) is 12.5. The Morgan fingerprint density at radius 2 is 1.70 bits per heavy atom. The molecule has 0 bridgehead atoms. The van der Waals surface area contributed by atoms with Crippen molar-refractivity contribution >= 4 is 23.5 Å². The summed E-state index contributed by atoms with van der Waals surface area (Å²) in [6, 6.07) is 6.43. The molecule has 1 aliphatic heterocycles. The number of para-hydroxylation sites is 1. The lowest BCUT2D eigenvalue weighted by Crippen LogP contribution is -2.66. The van der Waals surface area contributed by atoms with E-state index in [1.165, 1.54) is 0 Å². The molecule has 0 atom stereocenters. The molecule has 3 N–H and O–H groups in total. The van der Waals surface area contributed by atoms with E-state index in [9.17, 15) is 14.4 Å². The Kier molecular flexibility index (Phi) is 5.94. The lowest BCUT2D eigenvalue weighted by Gasteiger charge is -2.54. The van der Waals surface area contributed by atoms with Gasteiger partial charge in [-0.25, -0.2) is 4.79 Å². The SMILES string of the molecule is CCOC(=O)c1ccccc1NC(=O)C(=O)N1C(C)(C)CC(N)CC1(C)C. The number of benzene rings is 1. The maximum atomic E-state index is 13.0. The Bertz CT molecular complexity index is 724. The maximum Gasteiger partial charge on any atom is 0.340 e. The number of nitrogens with zero attached hydrogens (tertiary/aromatic N) is 1. The molecule has 0 spiro atoms. The minimum absolute atomic E-state index is 0.0355. The molecule has 0 radical (unpaired) electrons. The second-order valence-electron chi connectivity index (χ2n) is 8.15. The molecule has 7 heteroatoms. The van der Waals surface area contributed by atoms with Crippen molar-refractivity contribution in [2.24, 2.45) is 5.73 Å². The van der Waals surface area contributed by atoms with Crippen LogP contribution in [-0.4, -0.2) is 46.4 Å². The summed E-state index contributed by atoms with van der Waals surface area (Å²) in [6.45, 7) is 9.55. The number of carbonyl (C=O) groups is 3. The van der Waals surface area contributed by atoms with Gasteiger partial charge in [0.25, 0.3) is 0 Å². The van der Waals surface area contributed by atoms with Gasteiger partial charge in [-0.2, -0.15) is 0 Å². The van der Waals surface area contributed by atoms with Crippen LogP contribution in [0.15, 0.2) is 24.3 Å². The normalized spacial score (nSPS) is 18.7. The first-order valence-corrected chi connectivity index (χ1v) is 9.17. The van der Waals surface area contributed by atoms with Gasteiger partial charge in [-0.3, -0.25) is 9.59 Å². The molecular weight excluding hydrogens is 346 g/mol. The highest BCUT2D eigenvalue weighted by molar-refractivity contribution is 6.40. The summed E-state index contributed by atoms with van der Waals surface area (Å²) in [4.78, 5) is 39.4. The van der Waals surface area contributed by atoms with Gasteiger partial charge in [-0.05, 0) is 59.6 Å². The summed E-state index contributed by atoms with van der Waals surface area (Å²) >= 11 is 0. The van der Waals surface area contributed by atoms with Crippen molar-refractivity contribution in [3.63, 3.8) is 0 Å². The number of nitrogens with two attached hydrogens (primary N) is 1. The second-order valence-corrected chi connectivity index (χ2v) is 8.15. The summed E-state index contributed by atoms with van der Waals surface area (Å²) < 4.78 is 5.01. The molecule has 2 amide bonds. The fourth-order valence-electron chi connectivity index (χ4n) is 4.16. The zero-order valence-corrected chi connectivity index (χ0v) is 16.7. The van der Waals surface area contributed by atoms with Crippen LogP contribution in [0, 0.1) is 0 Å². The van der Waals surface area contributed by atoms with Gasteiger partial charge in [0.05, 0.1) is 17.9 Å². The van der Waals surface area contributed by atoms with E-state index in [1.54, 1.807) is 36.1 Å². The number of anilines is 1. The number of carbonyl (C=O) groups excluding carboxylic acids is 3. The molecule has 1 aromatic rings.